The van der Waals surface area contributed by atoms with Gasteiger partial charge in [0.2, 0.25) is 5.91 Å². The Kier molecular flexibility index (Phi) is 5.61. The second-order valence-electron chi connectivity index (χ2n) is 4.11. The lowest BCUT2D eigenvalue weighted by molar-refractivity contribution is -0.132. The van der Waals surface area contributed by atoms with Crippen LogP contribution in [0.15, 0.2) is 0 Å². The van der Waals surface area contributed by atoms with Crippen molar-refractivity contribution in [2.75, 3.05) is 31.5 Å². The second kappa shape index (κ2) is 6.48. The van der Waals surface area contributed by atoms with E-state index in [0.29, 0.717) is 12.5 Å². The number of carbonyl (C=O) groups is 1. The molecule has 1 heterocycles. The minimum absolute atomic E-state index is 0.288. The van der Waals surface area contributed by atoms with Gasteiger partial charge in [0.05, 0.1) is 0 Å². The highest BCUT2D eigenvalue weighted by atomic mass is 79.9. The molecule has 1 rings (SSSR count). The minimum Gasteiger partial charge on any atom is -0.340 e. The number of alkyl halides is 1. The molecular formula is C11H21BrN2O. The van der Waals surface area contributed by atoms with Crippen molar-refractivity contribution in [1.82, 2.24) is 9.80 Å². The van der Waals surface area contributed by atoms with Crippen LogP contribution in [0.25, 0.3) is 0 Å². The average Bonchev–Trinajstić information content (AvgIpc) is 2.28. The third-order valence-electron chi connectivity index (χ3n) is 3.19. The average molecular weight is 277 g/mol. The van der Waals surface area contributed by atoms with E-state index in [4.69, 9.17) is 0 Å². The maximum atomic E-state index is 11.6. The molecule has 0 aliphatic carbocycles. The topological polar surface area (TPSA) is 23.6 Å². The Balaban J connectivity index is 2.32. The molecular weight excluding hydrogens is 256 g/mol. The van der Waals surface area contributed by atoms with Gasteiger partial charge in [-0.2, -0.15) is 0 Å². The first-order chi connectivity index (χ1) is 7.19. The molecule has 1 saturated heterocycles. The van der Waals surface area contributed by atoms with Crippen LogP contribution >= 0.6 is 15.9 Å². The molecule has 0 bridgehead atoms. The van der Waals surface area contributed by atoms with Crippen molar-refractivity contribution in [2.45, 2.75) is 32.7 Å². The predicted molar refractivity (Wildman–Crippen MR) is 66.3 cm³/mol. The highest BCUT2D eigenvalue weighted by molar-refractivity contribution is 9.09. The Morgan fingerprint density at radius 2 is 1.93 bits per heavy atom. The van der Waals surface area contributed by atoms with Crippen LogP contribution in [-0.4, -0.2) is 53.3 Å². The molecule has 0 N–H and O–H groups in total. The van der Waals surface area contributed by atoms with E-state index in [1.54, 1.807) is 0 Å². The Morgan fingerprint density at radius 3 is 2.40 bits per heavy atom. The third kappa shape index (κ3) is 3.76. The monoisotopic (exact) mass is 276 g/mol. The highest BCUT2D eigenvalue weighted by Gasteiger charge is 2.22. The van der Waals surface area contributed by atoms with Gasteiger partial charge in [0.1, 0.15) is 0 Å². The van der Waals surface area contributed by atoms with E-state index in [2.05, 4.69) is 34.7 Å². The summed E-state index contributed by atoms with van der Waals surface area (Å²) in [6.07, 6.45) is 1.82. The lowest BCUT2D eigenvalue weighted by atomic mass is 10.2. The first kappa shape index (κ1) is 13.0. The summed E-state index contributed by atoms with van der Waals surface area (Å²) in [4.78, 5) is 16.1. The van der Waals surface area contributed by atoms with E-state index >= 15 is 0 Å². The van der Waals surface area contributed by atoms with E-state index in [0.717, 1.165) is 31.5 Å². The zero-order valence-corrected chi connectivity index (χ0v) is 11.3. The van der Waals surface area contributed by atoms with Crippen molar-refractivity contribution in [3.05, 3.63) is 0 Å². The van der Waals surface area contributed by atoms with Gasteiger partial charge >= 0.3 is 0 Å². The molecule has 1 atom stereocenters. The normalized spacial score (nSPS) is 20.3. The molecule has 0 aromatic heterocycles. The van der Waals surface area contributed by atoms with Gasteiger partial charge in [0, 0.05) is 44.0 Å². The molecule has 1 aliphatic rings. The van der Waals surface area contributed by atoms with Gasteiger partial charge in [0.25, 0.3) is 0 Å². The largest absolute Gasteiger partial charge is 0.340 e. The summed E-state index contributed by atoms with van der Waals surface area (Å²) in [5, 5.41) is 0.775. The van der Waals surface area contributed by atoms with Crippen LogP contribution in [0.1, 0.15) is 26.7 Å². The molecule has 1 amide bonds. The van der Waals surface area contributed by atoms with E-state index in [9.17, 15) is 4.79 Å². The fourth-order valence-electron chi connectivity index (χ4n) is 1.91. The second-order valence-corrected chi connectivity index (χ2v) is 4.91. The fourth-order valence-corrected chi connectivity index (χ4v) is 2.25. The van der Waals surface area contributed by atoms with Gasteiger partial charge in [0.15, 0.2) is 0 Å². The Labute approximate surface area is 101 Å². The predicted octanol–water partition coefficient (Wildman–Crippen LogP) is 1.71. The molecule has 88 valence electrons. The first-order valence-electron chi connectivity index (χ1n) is 5.76. The molecule has 15 heavy (non-hydrogen) atoms. The number of hydrogen-bond donors (Lipinski definition) is 0. The van der Waals surface area contributed by atoms with Crippen LogP contribution < -0.4 is 0 Å². The zero-order valence-electron chi connectivity index (χ0n) is 9.71. The van der Waals surface area contributed by atoms with E-state index in [-0.39, 0.29) is 5.91 Å². The number of rotatable bonds is 4. The summed E-state index contributed by atoms with van der Waals surface area (Å²) in [5.41, 5.74) is 0. The molecule has 0 aromatic rings. The summed E-state index contributed by atoms with van der Waals surface area (Å²) >= 11 is 3.30. The van der Waals surface area contributed by atoms with Crippen LogP contribution in [0.4, 0.5) is 0 Å². The molecule has 1 fully saturated rings. The zero-order chi connectivity index (χ0) is 11.3. The van der Waals surface area contributed by atoms with E-state index in [1.807, 2.05) is 4.90 Å². The van der Waals surface area contributed by atoms with E-state index in [1.165, 1.54) is 6.42 Å². The van der Waals surface area contributed by atoms with Crippen LogP contribution in [0.2, 0.25) is 0 Å². The molecule has 1 aliphatic heterocycles. The Bertz CT molecular complexity index is 203. The number of hydrogen-bond acceptors (Lipinski definition) is 2. The molecule has 0 spiro atoms. The minimum atomic E-state index is 0.288. The highest BCUT2D eigenvalue weighted by Crippen LogP contribution is 2.09. The van der Waals surface area contributed by atoms with Crippen molar-refractivity contribution in [2.24, 2.45) is 0 Å². The van der Waals surface area contributed by atoms with Crippen molar-refractivity contribution in [1.29, 1.82) is 0 Å². The van der Waals surface area contributed by atoms with Crippen molar-refractivity contribution >= 4 is 21.8 Å². The molecule has 0 saturated carbocycles. The smallest absolute Gasteiger partial charge is 0.223 e. The van der Waals surface area contributed by atoms with Crippen LogP contribution in [0.5, 0.6) is 0 Å². The van der Waals surface area contributed by atoms with Crippen LogP contribution in [0.3, 0.4) is 0 Å². The van der Waals surface area contributed by atoms with Crippen LogP contribution in [-0.2, 0) is 4.79 Å². The third-order valence-corrected chi connectivity index (χ3v) is 3.59. The Morgan fingerprint density at radius 1 is 1.33 bits per heavy atom. The van der Waals surface area contributed by atoms with Gasteiger partial charge < -0.3 is 4.90 Å². The number of nitrogens with zero attached hydrogens (tertiary/aromatic N) is 2. The number of carbonyl (C=O) groups excluding carboxylic acids is 1. The maximum Gasteiger partial charge on any atom is 0.223 e. The molecule has 1 unspecified atom stereocenters. The maximum absolute atomic E-state index is 11.6. The van der Waals surface area contributed by atoms with Crippen LogP contribution in [0, 0.1) is 0 Å². The summed E-state index contributed by atoms with van der Waals surface area (Å²) < 4.78 is 0. The lowest BCUT2D eigenvalue weighted by Gasteiger charge is -2.37. The number of piperazine rings is 1. The van der Waals surface area contributed by atoms with Crippen molar-refractivity contribution in [3.63, 3.8) is 0 Å². The lowest BCUT2D eigenvalue weighted by Crippen LogP contribution is -2.51. The number of amides is 1. The molecule has 4 heteroatoms. The van der Waals surface area contributed by atoms with E-state index < -0.39 is 0 Å². The first-order valence-corrected chi connectivity index (χ1v) is 6.89. The Hall–Kier alpha value is -0.0900. The molecule has 0 aromatic carbocycles. The van der Waals surface area contributed by atoms with Gasteiger partial charge in [-0.15, -0.1) is 0 Å². The van der Waals surface area contributed by atoms with Gasteiger partial charge in [-0.05, 0) is 13.3 Å². The molecule has 0 radical (unpaired) electrons. The summed E-state index contributed by atoms with van der Waals surface area (Å²) in [6.45, 7) is 8.33. The van der Waals surface area contributed by atoms with Gasteiger partial charge in [-0.1, -0.05) is 22.9 Å². The standard InChI is InChI=1S/C11H21BrN2O/c1-3-10(2)13-6-8-14(9-7-13)11(15)4-5-12/h10H,3-9H2,1-2H3. The summed E-state index contributed by atoms with van der Waals surface area (Å²) in [5.74, 6) is 0.288. The molecule has 3 nitrogen and oxygen atoms in total. The quantitative estimate of drug-likeness (QED) is 0.730. The SMILES string of the molecule is CCC(C)N1CCN(C(=O)CCBr)CC1. The van der Waals surface area contributed by atoms with Crippen molar-refractivity contribution < 1.29 is 4.79 Å². The van der Waals surface area contributed by atoms with Crippen molar-refractivity contribution in [3.8, 4) is 0 Å². The summed E-state index contributed by atoms with van der Waals surface area (Å²) in [6, 6.07) is 0.651. The summed E-state index contributed by atoms with van der Waals surface area (Å²) in [7, 11) is 0. The fraction of sp³-hybridized carbons (Fsp3) is 0.909. The van der Waals surface area contributed by atoms with Gasteiger partial charge in [-0.3, -0.25) is 9.69 Å². The van der Waals surface area contributed by atoms with Gasteiger partial charge in [-0.25, -0.2) is 0 Å². The number of halogens is 1.